The molecule has 1 amide bonds. The molecule has 0 aliphatic carbocycles. The summed E-state index contributed by atoms with van der Waals surface area (Å²) in [6.07, 6.45) is 0. The highest BCUT2D eigenvalue weighted by Gasteiger charge is 2.11. The molecule has 0 unspecified atom stereocenters. The van der Waals surface area contributed by atoms with Crippen LogP contribution >= 0.6 is 0 Å². The van der Waals surface area contributed by atoms with Crippen molar-refractivity contribution in [2.75, 3.05) is 20.8 Å². The summed E-state index contributed by atoms with van der Waals surface area (Å²) < 4.78 is 21.3. The predicted octanol–water partition coefficient (Wildman–Crippen LogP) is 3.63. The molecule has 0 fully saturated rings. The van der Waals surface area contributed by atoms with Crippen LogP contribution in [0.3, 0.4) is 0 Å². The Bertz CT molecular complexity index is 1100. The molecular weight excluding hydrogens is 386 g/mol. The van der Waals surface area contributed by atoms with Gasteiger partial charge in [-0.25, -0.2) is 4.79 Å². The standard InChI is InChI=1S/C23H25NO6/c1-14(2)18-11-23(26)30-20-10-16(6-7-17(18)20)29-13-22(25)24-12-15-5-8-19(27-3)21(9-15)28-4/h5-11,14H,12-13H2,1-4H3,(H,24,25). The fraction of sp³-hybridized carbons (Fsp3) is 0.304. The van der Waals surface area contributed by atoms with Crippen molar-refractivity contribution in [2.45, 2.75) is 26.3 Å². The summed E-state index contributed by atoms with van der Waals surface area (Å²) >= 11 is 0. The third-order valence-corrected chi connectivity index (χ3v) is 4.68. The molecule has 1 heterocycles. The van der Waals surface area contributed by atoms with Crippen LogP contribution in [0, 0.1) is 0 Å². The number of rotatable bonds is 8. The average Bonchev–Trinajstić information content (AvgIpc) is 2.74. The summed E-state index contributed by atoms with van der Waals surface area (Å²) in [6.45, 7) is 4.20. The zero-order valence-electron chi connectivity index (χ0n) is 17.5. The van der Waals surface area contributed by atoms with Crippen LogP contribution in [0.4, 0.5) is 0 Å². The Kier molecular flexibility index (Phi) is 6.61. The quantitative estimate of drug-likeness (QED) is 0.570. The van der Waals surface area contributed by atoms with Crippen LogP contribution < -0.4 is 25.2 Å². The van der Waals surface area contributed by atoms with Crippen molar-refractivity contribution in [3.63, 3.8) is 0 Å². The predicted molar refractivity (Wildman–Crippen MR) is 113 cm³/mol. The van der Waals surface area contributed by atoms with Gasteiger partial charge >= 0.3 is 5.63 Å². The van der Waals surface area contributed by atoms with Crippen LogP contribution in [0.5, 0.6) is 17.2 Å². The number of fused-ring (bicyclic) bond motifs is 1. The molecule has 0 bridgehead atoms. The van der Waals surface area contributed by atoms with E-state index in [1.54, 1.807) is 38.5 Å². The number of carbonyl (C=O) groups is 1. The van der Waals surface area contributed by atoms with Crippen molar-refractivity contribution in [1.29, 1.82) is 0 Å². The normalized spacial score (nSPS) is 10.8. The van der Waals surface area contributed by atoms with E-state index < -0.39 is 5.63 Å². The van der Waals surface area contributed by atoms with Crippen molar-refractivity contribution in [3.8, 4) is 17.2 Å². The van der Waals surface area contributed by atoms with Gasteiger partial charge in [0.1, 0.15) is 11.3 Å². The molecule has 0 spiro atoms. The van der Waals surface area contributed by atoms with E-state index in [2.05, 4.69) is 5.32 Å². The number of benzene rings is 2. The van der Waals surface area contributed by atoms with E-state index in [0.29, 0.717) is 29.4 Å². The first-order valence-corrected chi connectivity index (χ1v) is 9.59. The van der Waals surface area contributed by atoms with Gasteiger partial charge in [-0.05, 0) is 41.3 Å². The minimum atomic E-state index is -0.406. The Morgan fingerprint density at radius 2 is 1.80 bits per heavy atom. The first-order chi connectivity index (χ1) is 14.4. The van der Waals surface area contributed by atoms with Crippen molar-refractivity contribution in [3.05, 3.63) is 64.0 Å². The summed E-state index contributed by atoms with van der Waals surface area (Å²) in [5, 5.41) is 3.65. The maximum Gasteiger partial charge on any atom is 0.336 e. The molecular formula is C23H25NO6. The van der Waals surface area contributed by atoms with Gasteiger partial charge in [-0.2, -0.15) is 0 Å². The number of carbonyl (C=O) groups excluding carboxylic acids is 1. The highest BCUT2D eigenvalue weighted by molar-refractivity contribution is 5.82. The van der Waals surface area contributed by atoms with Gasteiger partial charge < -0.3 is 23.9 Å². The highest BCUT2D eigenvalue weighted by Crippen LogP contribution is 2.28. The molecule has 0 radical (unpaired) electrons. The molecule has 0 atom stereocenters. The molecule has 1 aromatic heterocycles. The van der Waals surface area contributed by atoms with Gasteiger partial charge in [0.2, 0.25) is 0 Å². The smallest absolute Gasteiger partial charge is 0.336 e. The van der Waals surface area contributed by atoms with E-state index in [-0.39, 0.29) is 18.4 Å². The van der Waals surface area contributed by atoms with Gasteiger partial charge in [-0.15, -0.1) is 0 Å². The average molecular weight is 411 g/mol. The number of amides is 1. The van der Waals surface area contributed by atoms with Gasteiger partial charge in [0.25, 0.3) is 5.91 Å². The fourth-order valence-corrected chi connectivity index (χ4v) is 3.13. The van der Waals surface area contributed by atoms with Crippen LogP contribution in [0.15, 0.2) is 51.7 Å². The maximum atomic E-state index is 12.2. The molecule has 0 aliphatic rings. The van der Waals surface area contributed by atoms with Crippen molar-refractivity contribution >= 4 is 16.9 Å². The van der Waals surface area contributed by atoms with Gasteiger partial charge in [0.15, 0.2) is 18.1 Å². The summed E-state index contributed by atoms with van der Waals surface area (Å²) in [6, 6.07) is 12.2. The molecule has 2 aromatic carbocycles. The Morgan fingerprint density at radius 1 is 1.03 bits per heavy atom. The Balaban J connectivity index is 1.62. The minimum Gasteiger partial charge on any atom is -0.493 e. The second-order valence-corrected chi connectivity index (χ2v) is 7.09. The van der Waals surface area contributed by atoms with Gasteiger partial charge in [-0.3, -0.25) is 4.79 Å². The summed E-state index contributed by atoms with van der Waals surface area (Å²) in [7, 11) is 3.13. The van der Waals surface area contributed by atoms with Crippen LogP contribution in [0.1, 0.15) is 30.9 Å². The summed E-state index contributed by atoms with van der Waals surface area (Å²) in [4.78, 5) is 24.0. The molecule has 0 aliphatic heterocycles. The number of hydrogen-bond donors (Lipinski definition) is 1. The van der Waals surface area contributed by atoms with Crippen LogP contribution in [-0.4, -0.2) is 26.7 Å². The largest absolute Gasteiger partial charge is 0.493 e. The van der Waals surface area contributed by atoms with Gasteiger partial charge in [0, 0.05) is 24.1 Å². The lowest BCUT2D eigenvalue weighted by Crippen LogP contribution is -2.28. The van der Waals surface area contributed by atoms with E-state index in [1.165, 1.54) is 6.07 Å². The van der Waals surface area contributed by atoms with Crippen molar-refractivity contribution in [2.24, 2.45) is 0 Å². The highest BCUT2D eigenvalue weighted by atomic mass is 16.5. The van der Waals surface area contributed by atoms with Gasteiger partial charge in [0.05, 0.1) is 14.2 Å². The van der Waals surface area contributed by atoms with E-state index in [0.717, 1.165) is 16.5 Å². The zero-order chi connectivity index (χ0) is 21.7. The maximum absolute atomic E-state index is 12.2. The van der Waals surface area contributed by atoms with E-state index in [1.807, 2.05) is 26.0 Å². The van der Waals surface area contributed by atoms with Crippen LogP contribution in [-0.2, 0) is 11.3 Å². The molecule has 7 heteroatoms. The number of methoxy groups -OCH3 is 2. The lowest BCUT2D eigenvalue weighted by molar-refractivity contribution is -0.123. The van der Waals surface area contributed by atoms with Crippen LogP contribution in [0.2, 0.25) is 0 Å². The Labute approximate surface area is 174 Å². The Morgan fingerprint density at radius 3 is 2.50 bits per heavy atom. The van der Waals surface area contributed by atoms with Crippen molar-refractivity contribution in [1.82, 2.24) is 5.32 Å². The number of hydrogen-bond acceptors (Lipinski definition) is 6. The molecule has 1 N–H and O–H groups in total. The summed E-state index contributed by atoms with van der Waals surface area (Å²) in [5.74, 6) is 1.58. The van der Waals surface area contributed by atoms with E-state index in [4.69, 9.17) is 18.6 Å². The molecule has 7 nitrogen and oxygen atoms in total. The topological polar surface area (TPSA) is 87.0 Å². The molecule has 3 rings (SSSR count). The first kappa shape index (κ1) is 21.2. The van der Waals surface area contributed by atoms with E-state index >= 15 is 0 Å². The molecule has 0 saturated heterocycles. The first-order valence-electron chi connectivity index (χ1n) is 9.59. The molecule has 30 heavy (non-hydrogen) atoms. The SMILES string of the molecule is COc1ccc(CNC(=O)COc2ccc3c(C(C)C)cc(=O)oc3c2)cc1OC. The number of ether oxygens (including phenoxy) is 3. The third-order valence-electron chi connectivity index (χ3n) is 4.68. The second-order valence-electron chi connectivity index (χ2n) is 7.09. The Hall–Kier alpha value is -3.48. The third kappa shape index (κ3) is 4.92. The fourth-order valence-electron chi connectivity index (χ4n) is 3.13. The minimum absolute atomic E-state index is 0.160. The molecule has 3 aromatic rings. The monoisotopic (exact) mass is 411 g/mol. The molecule has 0 saturated carbocycles. The molecule has 158 valence electrons. The van der Waals surface area contributed by atoms with E-state index in [9.17, 15) is 9.59 Å². The van der Waals surface area contributed by atoms with Gasteiger partial charge in [-0.1, -0.05) is 19.9 Å². The number of nitrogens with one attached hydrogen (secondary N) is 1. The lowest BCUT2D eigenvalue weighted by atomic mass is 10.00. The van der Waals surface area contributed by atoms with Crippen LogP contribution in [0.25, 0.3) is 11.0 Å². The zero-order valence-corrected chi connectivity index (χ0v) is 17.5. The lowest BCUT2D eigenvalue weighted by Gasteiger charge is -2.12. The second kappa shape index (κ2) is 9.35. The summed E-state index contributed by atoms with van der Waals surface area (Å²) in [5.41, 5.74) is 1.82. The van der Waals surface area contributed by atoms with Crippen molar-refractivity contribution < 1.29 is 23.4 Å².